The van der Waals surface area contributed by atoms with Gasteiger partial charge in [-0.05, 0) is 36.1 Å². The minimum atomic E-state index is 0.00624. The Kier molecular flexibility index (Phi) is 5.84. The molecule has 0 unspecified atom stereocenters. The number of carbonyl (C=O) groups is 1. The second-order valence-electron chi connectivity index (χ2n) is 5.87. The molecule has 0 aliphatic carbocycles. The molecule has 0 N–H and O–H groups in total. The van der Waals surface area contributed by atoms with Crippen LogP contribution in [-0.2, 0) is 11.2 Å². The standard InChI is InChI=1S/C21H19NOS2/c1-16(14-18-10-6-3-7-11-18)15-19-20(23)22(21(24)25-19)13-12-17-8-4-2-5-9-17/h2-11,14-15H,12-13H2,1H3/b16-14+,19-15-. The Morgan fingerprint density at radius 2 is 1.72 bits per heavy atom. The van der Waals surface area contributed by atoms with Crippen LogP contribution < -0.4 is 0 Å². The van der Waals surface area contributed by atoms with E-state index in [0.29, 0.717) is 15.8 Å². The maximum absolute atomic E-state index is 12.6. The maximum atomic E-state index is 12.6. The number of rotatable bonds is 5. The van der Waals surface area contributed by atoms with E-state index in [9.17, 15) is 4.79 Å². The van der Waals surface area contributed by atoms with Crippen molar-refractivity contribution in [2.45, 2.75) is 13.3 Å². The van der Waals surface area contributed by atoms with Gasteiger partial charge in [0.05, 0.1) is 4.91 Å². The summed E-state index contributed by atoms with van der Waals surface area (Å²) in [5.74, 6) is 0.00624. The highest BCUT2D eigenvalue weighted by Gasteiger charge is 2.31. The van der Waals surface area contributed by atoms with Gasteiger partial charge in [-0.1, -0.05) is 90.7 Å². The molecule has 126 valence electrons. The van der Waals surface area contributed by atoms with Gasteiger partial charge in [0, 0.05) is 6.54 Å². The average Bonchev–Trinajstić information content (AvgIpc) is 2.88. The van der Waals surface area contributed by atoms with Gasteiger partial charge in [0.15, 0.2) is 0 Å². The van der Waals surface area contributed by atoms with E-state index in [1.165, 1.54) is 17.3 Å². The Bertz CT molecular complexity index is 825. The van der Waals surface area contributed by atoms with Gasteiger partial charge in [0.2, 0.25) is 0 Å². The quantitative estimate of drug-likeness (QED) is 0.544. The SMILES string of the molecule is CC(/C=C1\SC(=S)N(CCc2ccccc2)C1=O)=C\c1ccccc1. The minimum absolute atomic E-state index is 0.00624. The van der Waals surface area contributed by atoms with Crippen molar-refractivity contribution in [2.75, 3.05) is 6.54 Å². The van der Waals surface area contributed by atoms with E-state index in [0.717, 1.165) is 17.6 Å². The van der Waals surface area contributed by atoms with Crippen LogP contribution in [0.2, 0.25) is 0 Å². The molecule has 1 amide bonds. The summed E-state index contributed by atoms with van der Waals surface area (Å²) in [7, 11) is 0. The lowest BCUT2D eigenvalue weighted by molar-refractivity contribution is -0.122. The van der Waals surface area contributed by atoms with Gasteiger partial charge in [-0.2, -0.15) is 0 Å². The first-order valence-corrected chi connectivity index (χ1v) is 9.38. The van der Waals surface area contributed by atoms with Crippen LogP contribution in [0.3, 0.4) is 0 Å². The number of allylic oxidation sites excluding steroid dienone is 2. The fourth-order valence-electron chi connectivity index (χ4n) is 2.64. The lowest BCUT2D eigenvalue weighted by atomic mass is 10.1. The van der Waals surface area contributed by atoms with E-state index >= 15 is 0 Å². The summed E-state index contributed by atoms with van der Waals surface area (Å²) in [5.41, 5.74) is 3.37. The number of carbonyl (C=O) groups excluding carboxylic acids is 1. The van der Waals surface area contributed by atoms with Crippen molar-refractivity contribution in [1.82, 2.24) is 4.90 Å². The van der Waals surface area contributed by atoms with Crippen molar-refractivity contribution in [2.24, 2.45) is 0 Å². The lowest BCUT2D eigenvalue weighted by Gasteiger charge is -2.14. The van der Waals surface area contributed by atoms with Crippen molar-refractivity contribution in [1.29, 1.82) is 0 Å². The summed E-state index contributed by atoms with van der Waals surface area (Å²) in [6.07, 6.45) is 4.80. The summed E-state index contributed by atoms with van der Waals surface area (Å²) < 4.78 is 0.639. The predicted octanol–water partition coefficient (Wildman–Crippen LogP) is 5.08. The first-order chi connectivity index (χ1) is 12.1. The van der Waals surface area contributed by atoms with E-state index < -0.39 is 0 Å². The lowest BCUT2D eigenvalue weighted by Crippen LogP contribution is -2.30. The van der Waals surface area contributed by atoms with E-state index in [1.807, 2.05) is 61.5 Å². The van der Waals surface area contributed by atoms with Gasteiger partial charge < -0.3 is 0 Å². The molecule has 1 heterocycles. The van der Waals surface area contributed by atoms with Crippen molar-refractivity contribution in [3.63, 3.8) is 0 Å². The molecule has 25 heavy (non-hydrogen) atoms. The topological polar surface area (TPSA) is 20.3 Å². The molecular formula is C21H19NOS2. The second kappa shape index (κ2) is 8.28. The number of hydrogen-bond acceptors (Lipinski definition) is 3. The van der Waals surface area contributed by atoms with Gasteiger partial charge in [-0.15, -0.1) is 0 Å². The van der Waals surface area contributed by atoms with E-state index in [2.05, 4.69) is 18.2 Å². The zero-order valence-electron chi connectivity index (χ0n) is 14.0. The van der Waals surface area contributed by atoms with Gasteiger partial charge in [0.1, 0.15) is 4.32 Å². The average molecular weight is 366 g/mol. The number of benzene rings is 2. The molecule has 1 aliphatic rings. The van der Waals surface area contributed by atoms with E-state index in [1.54, 1.807) is 4.90 Å². The van der Waals surface area contributed by atoms with Crippen molar-refractivity contribution in [3.05, 3.63) is 88.3 Å². The number of thioether (sulfide) groups is 1. The molecule has 0 bridgehead atoms. The second-order valence-corrected chi connectivity index (χ2v) is 7.54. The first-order valence-electron chi connectivity index (χ1n) is 8.16. The zero-order valence-corrected chi connectivity index (χ0v) is 15.6. The third kappa shape index (κ3) is 4.68. The normalized spacial score (nSPS) is 16.8. The number of amides is 1. The molecule has 0 spiro atoms. The van der Waals surface area contributed by atoms with Gasteiger partial charge in [-0.3, -0.25) is 9.69 Å². The molecule has 2 aromatic carbocycles. The summed E-state index contributed by atoms with van der Waals surface area (Å²) in [5, 5.41) is 0. The molecule has 2 aromatic rings. The van der Waals surface area contributed by atoms with Crippen molar-refractivity contribution < 1.29 is 4.79 Å². The molecule has 0 saturated carbocycles. The summed E-state index contributed by atoms with van der Waals surface area (Å²) in [6.45, 7) is 2.62. The van der Waals surface area contributed by atoms with Crippen molar-refractivity contribution >= 4 is 40.3 Å². The molecule has 0 atom stereocenters. The number of nitrogens with zero attached hydrogens (tertiary/aromatic N) is 1. The molecule has 1 aliphatic heterocycles. The molecule has 0 aromatic heterocycles. The van der Waals surface area contributed by atoms with Crippen LogP contribution in [0.15, 0.2) is 77.2 Å². The minimum Gasteiger partial charge on any atom is -0.293 e. The maximum Gasteiger partial charge on any atom is 0.266 e. The third-order valence-electron chi connectivity index (χ3n) is 3.89. The highest BCUT2D eigenvalue weighted by molar-refractivity contribution is 8.26. The first kappa shape index (κ1) is 17.6. The molecule has 3 rings (SSSR count). The zero-order chi connectivity index (χ0) is 17.6. The summed E-state index contributed by atoms with van der Waals surface area (Å²) >= 11 is 6.78. The van der Waals surface area contributed by atoms with Gasteiger partial charge in [-0.25, -0.2) is 0 Å². The Morgan fingerprint density at radius 1 is 1.08 bits per heavy atom. The monoisotopic (exact) mass is 365 g/mol. The predicted molar refractivity (Wildman–Crippen MR) is 110 cm³/mol. The highest BCUT2D eigenvalue weighted by Crippen LogP contribution is 2.32. The Hall–Kier alpha value is -2.17. The summed E-state index contributed by atoms with van der Waals surface area (Å²) in [6, 6.07) is 20.2. The number of thiocarbonyl (C=S) groups is 1. The van der Waals surface area contributed by atoms with Crippen LogP contribution in [0.5, 0.6) is 0 Å². The van der Waals surface area contributed by atoms with Crippen LogP contribution in [-0.4, -0.2) is 21.7 Å². The van der Waals surface area contributed by atoms with Crippen LogP contribution >= 0.6 is 24.0 Å². The molecular weight excluding hydrogens is 346 g/mol. The summed E-state index contributed by atoms with van der Waals surface area (Å²) in [4.78, 5) is 15.0. The fraction of sp³-hybridized carbons (Fsp3) is 0.143. The van der Waals surface area contributed by atoms with E-state index in [4.69, 9.17) is 12.2 Å². The van der Waals surface area contributed by atoms with E-state index in [-0.39, 0.29) is 5.91 Å². The van der Waals surface area contributed by atoms with Crippen molar-refractivity contribution in [3.8, 4) is 0 Å². The largest absolute Gasteiger partial charge is 0.293 e. The fourth-order valence-corrected chi connectivity index (χ4v) is 4.00. The molecule has 1 saturated heterocycles. The van der Waals surface area contributed by atoms with Gasteiger partial charge >= 0.3 is 0 Å². The van der Waals surface area contributed by atoms with Crippen LogP contribution in [0.4, 0.5) is 0 Å². The molecule has 2 nitrogen and oxygen atoms in total. The van der Waals surface area contributed by atoms with Crippen LogP contribution in [0.25, 0.3) is 6.08 Å². The van der Waals surface area contributed by atoms with Gasteiger partial charge in [0.25, 0.3) is 5.91 Å². The Morgan fingerprint density at radius 3 is 2.40 bits per heavy atom. The molecule has 4 heteroatoms. The van der Waals surface area contributed by atoms with Crippen LogP contribution in [0.1, 0.15) is 18.1 Å². The Balaban J connectivity index is 1.69. The third-order valence-corrected chi connectivity index (χ3v) is 5.27. The molecule has 0 radical (unpaired) electrons. The van der Waals surface area contributed by atoms with Crippen LogP contribution in [0, 0.1) is 0 Å². The smallest absolute Gasteiger partial charge is 0.266 e. The Labute approximate surface area is 158 Å². The molecule has 1 fully saturated rings. The number of hydrogen-bond donors (Lipinski definition) is 0. The highest BCUT2D eigenvalue weighted by atomic mass is 32.2.